The summed E-state index contributed by atoms with van der Waals surface area (Å²) < 4.78 is 71.7. The molecule has 4 aromatic rings. The number of rotatable bonds is 8. The van der Waals surface area contributed by atoms with Crippen molar-refractivity contribution in [3.05, 3.63) is 76.9 Å². The Bertz CT molecular complexity index is 1560. The number of halogens is 3. The molecule has 0 spiro atoms. The number of aromatic nitrogens is 3. The number of nitrogens with zero attached hydrogens (tertiary/aromatic N) is 3. The number of aliphatic hydroxyl groups is 1. The number of hydrogen-bond donors (Lipinski definition) is 2. The molecule has 0 radical (unpaired) electrons. The summed E-state index contributed by atoms with van der Waals surface area (Å²) in [6, 6.07) is 8.31. The van der Waals surface area contributed by atoms with Crippen LogP contribution in [-0.4, -0.2) is 35.1 Å². The molecule has 0 amide bonds. The highest BCUT2D eigenvalue weighted by atomic mass is 32.2. The molecule has 200 valence electrons. The highest BCUT2D eigenvalue weighted by Crippen LogP contribution is 2.42. The number of thiazole rings is 1. The van der Waals surface area contributed by atoms with Crippen molar-refractivity contribution in [3.8, 4) is 21.8 Å². The lowest BCUT2D eigenvalue weighted by molar-refractivity contribution is 0.287. The van der Waals surface area contributed by atoms with Crippen LogP contribution in [0.25, 0.3) is 21.8 Å². The number of nitrogens with one attached hydrogen (secondary N) is 1. The molecular weight excluding hydrogens is 537 g/mol. The third kappa shape index (κ3) is 5.71. The van der Waals surface area contributed by atoms with Gasteiger partial charge in [-0.15, -0.1) is 11.3 Å². The molecule has 4 rings (SSSR count). The first-order valence-electron chi connectivity index (χ1n) is 11.6. The SMILES string of the molecule is CC(C)(C)c1nc(-c2cccc(NS(=O)(=O)c3c(F)cccc3F)c2F)c(-c2ccnc(CCCO)n2)s1. The Kier molecular flexibility index (Phi) is 7.86. The Balaban J connectivity index is 1.83. The Morgan fingerprint density at radius 2 is 1.68 bits per heavy atom. The maximum atomic E-state index is 15.8. The van der Waals surface area contributed by atoms with E-state index in [0.717, 1.165) is 24.3 Å². The van der Waals surface area contributed by atoms with Crippen LogP contribution in [0.5, 0.6) is 0 Å². The molecule has 2 heterocycles. The Morgan fingerprint density at radius 3 is 2.34 bits per heavy atom. The molecule has 0 aliphatic carbocycles. The number of anilines is 1. The van der Waals surface area contributed by atoms with Gasteiger partial charge in [-0.25, -0.2) is 36.5 Å². The minimum atomic E-state index is -4.79. The summed E-state index contributed by atoms with van der Waals surface area (Å²) in [5.41, 5.74) is -0.163. The topological polar surface area (TPSA) is 105 Å². The molecule has 7 nitrogen and oxygen atoms in total. The van der Waals surface area contributed by atoms with Gasteiger partial charge < -0.3 is 5.11 Å². The maximum absolute atomic E-state index is 15.8. The molecule has 0 atom stereocenters. The maximum Gasteiger partial charge on any atom is 0.267 e. The van der Waals surface area contributed by atoms with E-state index >= 15 is 4.39 Å². The van der Waals surface area contributed by atoms with Crippen molar-refractivity contribution < 1.29 is 26.7 Å². The molecule has 2 aromatic carbocycles. The number of aryl methyl sites for hydroxylation is 1. The summed E-state index contributed by atoms with van der Waals surface area (Å²) in [7, 11) is -4.79. The molecular formula is C26H25F3N4O3S2. The summed E-state index contributed by atoms with van der Waals surface area (Å²) in [5, 5.41) is 9.84. The molecule has 2 N–H and O–H groups in total. The van der Waals surface area contributed by atoms with E-state index in [2.05, 4.69) is 15.0 Å². The van der Waals surface area contributed by atoms with Gasteiger partial charge in [0.2, 0.25) is 0 Å². The molecule has 0 bridgehead atoms. The third-order valence-corrected chi connectivity index (χ3v) is 8.37. The van der Waals surface area contributed by atoms with Crippen LogP contribution in [0, 0.1) is 17.5 Å². The number of benzene rings is 2. The van der Waals surface area contributed by atoms with Gasteiger partial charge in [-0.2, -0.15) is 0 Å². The van der Waals surface area contributed by atoms with Gasteiger partial charge >= 0.3 is 0 Å². The van der Waals surface area contributed by atoms with Crippen LogP contribution in [0.1, 0.15) is 38.0 Å². The third-order valence-electron chi connectivity index (χ3n) is 5.45. The van der Waals surface area contributed by atoms with Crippen LogP contribution in [-0.2, 0) is 21.9 Å². The molecule has 0 aliphatic rings. The largest absolute Gasteiger partial charge is 0.396 e. The standard InChI is InChI=1S/C26H25F3N4O3S2/c1-26(2,3)25-32-22(23(37-25)19-12-13-30-20(31-19)11-6-14-34)15-7-4-10-18(21(15)29)33-38(35,36)24-16(27)8-5-9-17(24)28/h4-5,7-10,12-13,33-34H,6,11,14H2,1-3H3. The van der Waals surface area contributed by atoms with Crippen molar-refractivity contribution in [2.24, 2.45) is 0 Å². The van der Waals surface area contributed by atoms with E-state index in [1.165, 1.54) is 23.5 Å². The van der Waals surface area contributed by atoms with Gasteiger partial charge in [-0.05, 0) is 36.8 Å². The Hall–Kier alpha value is -3.35. The van der Waals surface area contributed by atoms with Crippen molar-refractivity contribution in [2.75, 3.05) is 11.3 Å². The molecule has 38 heavy (non-hydrogen) atoms. The van der Waals surface area contributed by atoms with Crippen LogP contribution >= 0.6 is 11.3 Å². The summed E-state index contributed by atoms with van der Waals surface area (Å²) in [6.45, 7) is 5.85. The lowest BCUT2D eigenvalue weighted by Gasteiger charge is -2.14. The van der Waals surface area contributed by atoms with E-state index in [9.17, 15) is 17.2 Å². The fourth-order valence-corrected chi connectivity index (χ4v) is 5.91. The zero-order chi connectivity index (χ0) is 27.7. The minimum Gasteiger partial charge on any atom is -0.396 e. The van der Waals surface area contributed by atoms with Gasteiger partial charge in [-0.3, -0.25) is 4.72 Å². The molecule has 0 saturated heterocycles. The van der Waals surface area contributed by atoms with E-state index in [0.29, 0.717) is 34.2 Å². The zero-order valence-corrected chi connectivity index (χ0v) is 22.4. The second-order valence-electron chi connectivity index (χ2n) is 9.46. The summed E-state index contributed by atoms with van der Waals surface area (Å²) >= 11 is 1.32. The molecule has 0 unspecified atom stereocenters. The van der Waals surface area contributed by atoms with Gasteiger partial charge in [0.1, 0.15) is 17.5 Å². The van der Waals surface area contributed by atoms with Crippen molar-refractivity contribution in [3.63, 3.8) is 0 Å². The first-order chi connectivity index (χ1) is 17.9. The van der Waals surface area contributed by atoms with Gasteiger partial charge in [0, 0.05) is 30.2 Å². The lowest BCUT2D eigenvalue weighted by Crippen LogP contribution is -2.17. The average Bonchev–Trinajstić information content (AvgIpc) is 3.30. The number of hydrogen-bond acceptors (Lipinski definition) is 7. The van der Waals surface area contributed by atoms with Gasteiger partial charge in [0.25, 0.3) is 10.0 Å². The normalized spacial score (nSPS) is 12.1. The van der Waals surface area contributed by atoms with E-state index in [4.69, 9.17) is 5.11 Å². The van der Waals surface area contributed by atoms with Crippen LogP contribution in [0.15, 0.2) is 53.6 Å². The first-order valence-corrected chi connectivity index (χ1v) is 13.9. The Labute approximate surface area is 222 Å². The van der Waals surface area contributed by atoms with Crippen molar-refractivity contribution >= 4 is 27.0 Å². The van der Waals surface area contributed by atoms with Gasteiger partial charge in [0.15, 0.2) is 10.7 Å². The summed E-state index contributed by atoms with van der Waals surface area (Å²) in [5.74, 6) is -3.06. The highest BCUT2D eigenvalue weighted by molar-refractivity contribution is 7.92. The second kappa shape index (κ2) is 10.8. The fourth-order valence-electron chi connectivity index (χ4n) is 3.61. The van der Waals surface area contributed by atoms with E-state index < -0.39 is 38.1 Å². The van der Waals surface area contributed by atoms with E-state index in [-0.39, 0.29) is 23.3 Å². The highest BCUT2D eigenvalue weighted by Gasteiger charge is 2.28. The average molecular weight is 563 g/mol. The minimum absolute atomic E-state index is 0.0156. The molecule has 2 aromatic heterocycles. The van der Waals surface area contributed by atoms with Crippen molar-refractivity contribution in [1.82, 2.24) is 15.0 Å². The van der Waals surface area contributed by atoms with Crippen molar-refractivity contribution in [2.45, 2.75) is 43.9 Å². The van der Waals surface area contributed by atoms with E-state index in [1.54, 1.807) is 12.3 Å². The monoisotopic (exact) mass is 562 g/mol. The van der Waals surface area contributed by atoms with Crippen molar-refractivity contribution in [1.29, 1.82) is 0 Å². The van der Waals surface area contributed by atoms with Crippen LogP contribution in [0.3, 0.4) is 0 Å². The predicted octanol–water partition coefficient (Wildman–Crippen LogP) is 5.71. The zero-order valence-electron chi connectivity index (χ0n) is 20.8. The second-order valence-corrected chi connectivity index (χ2v) is 12.1. The fraction of sp³-hybridized carbons (Fsp3) is 0.269. The summed E-state index contributed by atoms with van der Waals surface area (Å²) in [4.78, 5) is 12.8. The van der Waals surface area contributed by atoms with Crippen LogP contribution in [0.4, 0.5) is 18.9 Å². The van der Waals surface area contributed by atoms with Crippen LogP contribution < -0.4 is 4.72 Å². The lowest BCUT2D eigenvalue weighted by atomic mass is 9.98. The van der Waals surface area contributed by atoms with E-state index in [1.807, 2.05) is 25.5 Å². The quantitative estimate of drug-likeness (QED) is 0.285. The molecule has 0 saturated carbocycles. The number of aliphatic hydroxyl groups excluding tert-OH is 1. The number of sulfonamides is 1. The van der Waals surface area contributed by atoms with Gasteiger partial charge in [0.05, 0.1) is 27.0 Å². The smallest absolute Gasteiger partial charge is 0.267 e. The van der Waals surface area contributed by atoms with Crippen LogP contribution in [0.2, 0.25) is 0 Å². The molecule has 0 fully saturated rings. The molecule has 0 aliphatic heterocycles. The first kappa shape index (κ1) is 27.7. The van der Waals surface area contributed by atoms with Gasteiger partial charge in [-0.1, -0.05) is 32.9 Å². The Morgan fingerprint density at radius 1 is 1.00 bits per heavy atom. The predicted molar refractivity (Wildman–Crippen MR) is 140 cm³/mol. The molecule has 12 heteroatoms. The summed E-state index contributed by atoms with van der Waals surface area (Å²) in [6.07, 6.45) is 2.49.